The van der Waals surface area contributed by atoms with Gasteiger partial charge in [0.15, 0.2) is 11.5 Å². The van der Waals surface area contributed by atoms with Crippen molar-refractivity contribution in [3.8, 4) is 17.2 Å². The quantitative estimate of drug-likeness (QED) is 0.197. The number of rotatable bonds is 7. The number of methoxy groups -OCH3 is 2. The Morgan fingerprint density at radius 1 is 0.943 bits per heavy atom. The first-order valence-electron chi connectivity index (χ1n) is 17.4. The van der Waals surface area contributed by atoms with E-state index in [1.165, 1.54) is 33.1 Å². The lowest BCUT2D eigenvalue weighted by molar-refractivity contribution is -0.129. The van der Waals surface area contributed by atoms with Crippen LogP contribution in [0.4, 0.5) is 5.69 Å². The Hall–Kier alpha value is -6.18. The minimum absolute atomic E-state index is 0.00541. The monoisotopic (exact) mass is 718 g/mol. The van der Waals surface area contributed by atoms with Crippen LogP contribution in [0.15, 0.2) is 86.7 Å². The Bertz CT molecular complexity index is 2580. The first kappa shape index (κ1) is 33.9. The molecule has 2 fully saturated rings. The van der Waals surface area contributed by atoms with E-state index >= 15 is 0 Å². The third-order valence-electron chi connectivity index (χ3n) is 11.4. The molecule has 3 aromatic carbocycles. The molecule has 272 valence electrons. The van der Waals surface area contributed by atoms with Crippen LogP contribution in [0.2, 0.25) is 0 Å². The van der Waals surface area contributed by atoms with Gasteiger partial charge in [-0.2, -0.15) is 0 Å². The van der Waals surface area contributed by atoms with Crippen molar-refractivity contribution in [2.24, 2.45) is 18.4 Å². The fourth-order valence-corrected chi connectivity index (χ4v) is 8.69. The number of carbonyl (C=O) groups excluding carboxylic acids is 2. The number of aromatic hydroxyl groups is 1. The molecule has 14 heteroatoms. The highest BCUT2D eigenvalue weighted by Gasteiger charge is 2.65. The predicted octanol–water partition coefficient (Wildman–Crippen LogP) is 3.20. The molecule has 0 spiro atoms. The number of nitrogens with zero attached hydrogens (tertiary/aromatic N) is 6. The van der Waals surface area contributed by atoms with Gasteiger partial charge in [-0.25, -0.2) is 33.4 Å². The number of fused-ring (bicyclic) bond motifs is 5. The molecule has 53 heavy (non-hydrogen) atoms. The number of anilines is 1. The summed E-state index contributed by atoms with van der Waals surface area (Å²) in [5.74, 6) is -1.57. The zero-order valence-electron chi connectivity index (χ0n) is 29.9. The van der Waals surface area contributed by atoms with Gasteiger partial charge in [-0.15, -0.1) is 0 Å². The average Bonchev–Trinajstić information content (AvgIpc) is 3.52. The number of phenolic OH excluding ortho intramolecular Hbond substituents is 1. The van der Waals surface area contributed by atoms with Crippen molar-refractivity contribution in [2.45, 2.75) is 51.7 Å². The van der Waals surface area contributed by atoms with Crippen LogP contribution in [0.3, 0.4) is 0 Å². The second-order valence-electron chi connectivity index (χ2n) is 14.1. The van der Waals surface area contributed by atoms with Crippen LogP contribution in [0.5, 0.6) is 17.2 Å². The van der Waals surface area contributed by atoms with Crippen LogP contribution < -0.4 is 31.3 Å². The van der Waals surface area contributed by atoms with Crippen molar-refractivity contribution in [3.63, 3.8) is 0 Å². The van der Waals surface area contributed by atoms with E-state index in [1.54, 1.807) is 81.6 Å². The second kappa shape index (κ2) is 12.2. The summed E-state index contributed by atoms with van der Waals surface area (Å²) in [6.45, 7) is 3.43. The normalized spacial score (nSPS) is 22.0. The standard InChI is InChI=1S/C39H38N6O8/c1-21-10-9-13-24(33(21)46)32-23-14-17-43-37(50)42(16-15-26-35(48)41(3)29-20-31(53-5)30(52-4)19-27(29)40-26)38(51)45(43)28(23)18-25-34(47)44(36(49)39(25,32)2)22-11-7-6-8-12-22/h6-14,19-20,25,28,32,46H,15-18H2,1-5H3/t25-,28+,32+,39+/m0/s1. The van der Waals surface area contributed by atoms with Crippen LogP contribution in [-0.4, -0.2) is 54.6 Å². The van der Waals surface area contributed by atoms with Gasteiger partial charge in [0.1, 0.15) is 11.4 Å². The van der Waals surface area contributed by atoms with Gasteiger partial charge >= 0.3 is 11.4 Å². The molecule has 0 unspecified atom stereocenters. The molecular weight excluding hydrogens is 680 g/mol. The number of benzene rings is 3. The van der Waals surface area contributed by atoms with Gasteiger partial charge < -0.3 is 19.1 Å². The van der Waals surface area contributed by atoms with E-state index in [0.717, 1.165) is 4.57 Å². The third-order valence-corrected chi connectivity index (χ3v) is 11.4. The maximum atomic E-state index is 14.5. The highest BCUT2D eigenvalue weighted by molar-refractivity contribution is 6.24. The fraction of sp³-hybridized carbons (Fsp3) is 0.333. The fourth-order valence-electron chi connectivity index (χ4n) is 8.69. The minimum Gasteiger partial charge on any atom is -0.507 e. The van der Waals surface area contributed by atoms with Gasteiger partial charge in [0, 0.05) is 43.6 Å². The lowest BCUT2D eigenvalue weighted by Gasteiger charge is -2.47. The van der Waals surface area contributed by atoms with E-state index in [-0.39, 0.29) is 42.9 Å². The third kappa shape index (κ3) is 4.77. The molecule has 3 aliphatic rings. The number of allylic oxidation sites excluding steroid dienone is 2. The van der Waals surface area contributed by atoms with Crippen molar-refractivity contribution in [2.75, 3.05) is 19.1 Å². The molecule has 1 N–H and O–H groups in total. The van der Waals surface area contributed by atoms with Gasteiger partial charge in [-0.05, 0) is 43.5 Å². The zero-order valence-corrected chi connectivity index (χ0v) is 29.9. The SMILES string of the molecule is COc1cc2nc(CCn3c(=O)n4n(c3=O)[C@@H]3C[C@H]5C(=O)N(c6ccccc6)C(=O)[C@@]5(C)[C@@H](c5cccc(C)c5O)C3=CC4)c(=O)n(C)c2cc1OC. The van der Waals surface area contributed by atoms with E-state index in [1.807, 2.05) is 6.08 Å². The van der Waals surface area contributed by atoms with Gasteiger partial charge in [0.2, 0.25) is 11.8 Å². The first-order chi connectivity index (χ1) is 25.4. The molecule has 8 rings (SSSR count). The van der Waals surface area contributed by atoms with Crippen molar-refractivity contribution in [3.05, 3.63) is 120 Å². The summed E-state index contributed by atoms with van der Waals surface area (Å²) in [5.41, 5.74) is 0.480. The maximum absolute atomic E-state index is 14.5. The number of hydrogen-bond acceptors (Lipinski definition) is 9. The topological polar surface area (TPSA) is 160 Å². The van der Waals surface area contributed by atoms with E-state index in [2.05, 4.69) is 4.98 Å². The second-order valence-corrected chi connectivity index (χ2v) is 14.1. The summed E-state index contributed by atoms with van der Waals surface area (Å²) in [6, 6.07) is 16.6. The molecule has 5 aromatic rings. The number of aryl methyl sites for hydroxylation is 3. The number of hydrogen-bond donors (Lipinski definition) is 1. The molecule has 0 radical (unpaired) electrons. The Balaban J connectivity index is 1.21. The van der Waals surface area contributed by atoms with Crippen LogP contribution >= 0.6 is 0 Å². The molecule has 2 aromatic heterocycles. The van der Waals surface area contributed by atoms with Gasteiger partial charge in [0.05, 0.1) is 54.9 Å². The summed E-state index contributed by atoms with van der Waals surface area (Å²) in [5, 5.41) is 11.4. The summed E-state index contributed by atoms with van der Waals surface area (Å²) >= 11 is 0. The van der Waals surface area contributed by atoms with E-state index in [4.69, 9.17) is 9.47 Å². The molecule has 1 saturated carbocycles. The molecule has 2 amide bonds. The van der Waals surface area contributed by atoms with Crippen LogP contribution in [0.25, 0.3) is 11.0 Å². The van der Waals surface area contributed by atoms with E-state index in [9.17, 15) is 29.1 Å². The van der Waals surface area contributed by atoms with Gasteiger partial charge in [-0.3, -0.25) is 14.4 Å². The van der Waals surface area contributed by atoms with Crippen molar-refractivity contribution < 1.29 is 24.2 Å². The number of carbonyl (C=O) groups is 2. The summed E-state index contributed by atoms with van der Waals surface area (Å²) < 4.78 is 16.0. The smallest absolute Gasteiger partial charge is 0.347 e. The number of amides is 2. The summed E-state index contributed by atoms with van der Waals surface area (Å²) in [4.78, 5) is 76.3. The molecule has 14 nitrogen and oxygen atoms in total. The lowest BCUT2D eigenvalue weighted by atomic mass is 9.56. The van der Waals surface area contributed by atoms with E-state index < -0.39 is 46.5 Å². The van der Waals surface area contributed by atoms with Crippen LogP contribution in [0.1, 0.15) is 42.1 Å². The largest absolute Gasteiger partial charge is 0.507 e. The molecule has 1 saturated heterocycles. The first-order valence-corrected chi connectivity index (χ1v) is 17.4. The van der Waals surface area contributed by atoms with Crippen molar-refractivity contribution in [1.82, 2.24) is 23.5 Å². The highest BCUT2D eigenvalue weighted by atomic mass is 16.5. The van der Waals surface area contributed by atoms with Crippen molar-refractivity contribution in [1.29, 1.82) is 0 Å². The van der Waals surface area contributed by atoms with Gasteiger partial charge in [0.25, 0.3) is 5.56 Å². The number of ether oxygens (including phenoxy) is 2. The molecule has 0 bridgehead atoms. The Kier molecular flexibility index (Phi) is 7.82. The number of phenols is 1. The molecule has 2 aliphatic heterocycles. The maximum Gasteiger partial charge on any atom is 0.347 e. The molecule has 1 aliphatic carbocycles. The Morgan fingerprint density at radius 2 is 1.66 bits per heavy atom. The molecule has 4 heterocycles. The number of imide groups is 1. The number of aromatic nitrogens is 5. The van der Waals surface area contributed by atoms with Gasteiger partial charge in [-0.1, -0.05) is 42.5 Å². The van der Waals surface area contributed by atoms with Crippen LogP contribution in [-0.2, 0) is 36.1 Å². The molecule has 4 atom stereocenters. The minimum atomic E-state index is -1.30. The lowest BCUT2D eigenvalue weighted by Crippen LogP contribution is -2.49. The highest BCUT2D eigenvalue weighted by Crippen LogP contribution is 2.62. The Labute approximate surface area is 302 Å². The predicted molar refractivity (Wildman–Crippen MR) is 195 cm³/mol. The summed E-state index contributed by atoms with van der Waals surface area (Å²) in [6.07, 6.45) is 1.91. The van der Waals surface area contributed by atoms with E-state index in [0.29, 0.717) is 44.9 Å². The Morgan fingerprint density at radius 3 is 2.38 bits per heavy atom. The van der Waals surface area contributed by atoms with Crippen molar-refractivity contribution >= 4 is 28.5 Å². The molecular formula is C39H38N6O8. The van der Waals surface area contributed by atoms with Crippen LogP contribution in [0, 0.1) is 18.3 Å². The zero-order chi connectivity index (χ0) is 37.5. The summed E-state index contributed by atoms with van der Waals surface area (Å²) in [7, 11) is 4.61. The average molecular weight is 719 g/mol. The number of para-hydroxylation sites is 2.